The highest BCUT2D eigenvalue weighted by Crippen LogP contribution is 2.48. The SMILES string of the molecule is CC(PC(C)c1cccc2ccccc12)c1cccc2ccccc12. The molecule has 2 atom stereocenters. The summed E-state index contributed by atoms with van der Waals surface area (Å²) in [7, 11) is 0.861. The second kappa shape index (κ2) is 6.98. The minimum absolute atomic E-state index is 0.556. The molecule has 4 rings (SSSR count). The lowest BCUT2D eigenvalue weighted by molar-refractivity contribution is 1.03. The van der Waals surface area contributed by atoms with Crippen LogP contribution < -0.4 is 0 Å². The molecule has 0 radical (unpaired) electrons. The van der Waals surface area contributed by atoms with E-state index in [0.29, 0.717) is 11.3 Å². The first kappa shape index (κ1) is 16.3. The second-order valence-corrected chi connectivity index (χ2v) is 8.81. The zero-order chi connectivity index (χ0) is 17.2. The molecule has 0 saturated heterocycles. The monoisotopic (exact) mass is 342 g/mol. The van der Waals surface area contributed by atoms with Crippen LogP contribution in [0.5, 0.6) is 0 Å². The van der Waals surface area contributed by atoms with E-state index in [0.717, 1.165) is 8.58 Å². The van der Waals surface area contributed by atoms with Gasteiger partial charge in [-0.3, -0.25) is 0 Å². The standard InChI is InChI=1S/C24H23P/c1-17(21-15-7-11-19-9-3-5-13-23(19)21)25-18(2)22-16-8-12-20-10-4-6-14-24(20)22/h3-18,25H,1-2H3. The maximum absolute atomic E-state index is 2.38. The molecule has 0 fully saturated rings. The maximum atomic E-state index is 2.38. The Kier molecular flexibility index (Phi) is 4.55. The lowest BCUT2D eigenvalue weighted by Crippen LogP contribution is -1.94. The highest BCUT2D eigenvalue weighted by atomic mass is 31.1. The van der Waals surface area contributed by atoms with Crippen molar-refractivity contribution in [1.29, 1.82) is 0 Å². The molecular formula is C24H23P. The van der Waals surface area contributed by atoms with E-state index in [1.807, 2.05) is 0 Å². The van der Waals surface area contributed by atoms with Gasteiger partial charge in [0, 0.05) is 0 Å². The van der Waals surface area contributed by atoms with E-state index in [9.17, 15) is 0 Å². The summed E-state index contributed by atoms with van der Waals surface area (Å²) in [4.78, 5) is 0. The third-order valence-electron chi connectivity index (χ3n) is 5.08. The molecule has 124 valence electrons. The van der Waals surface area contributed by atoms with Gasteiger partial charge < -0.3 is 0 Å². The summed E-state index contributed by atoms with van der Waals surface area (Å²) in [5.41, 5.74) is 4.06. The first-order valence-electron chi connectivity index (χ1n) is 8.95. The van der Waals surface area contributed by atoms with Gasteiger partial charge in [-0.05, 0) is 44.0 Å². The summed E-state index contributed by atoms with van der Waals surface area (Å²) in [6.45, 7) is 4.75. The molecule has 1 heteroatoms. The maximum Gasteiger partial charge on any atom is -0.000262 e. The number of benzene rings is 4. The zero-order valence-corrected chi connectivity index (χ0v) is 15.7. The minimum Gasteiger partial charge on any atom is -0.107 e. The van der Waals surface area contributed by atoms with E-state index in [1.165, 1.54) is 32.7 Å². The van der Waals surface area contributed by atoms with Gasteiger partial charge >= 0.3 is 0 Å². The van der Waals surface area contributed by atoms with Crippen LogP contribution in [0.15, 0.2) is 84.9 Å². The fourth-order valence-corrected chi connectivity index (χ4v) is 5.42. The van der Waals surface area contributed by atoms with Crippen LogP contribution in [-0.2, 0) is 0 Å². The molecule has 25 heavy (non-hydrogen) atoms. The molecule has 0 spiro atoms. The highest BCUT2D eigenvalue weighted by molar-refractivity contribution is 7.39. The van der Waals surface area contributed by atoms with Crippen molar-refractivity contribution in [2.24, 2.45) is 0 Å². The molecule has 0 aromatic heterocycles. The molecule has 0 aliphatic heterocycles. The molecule has 0 nitrogen and oxygen atoms in total. The van der Waals surface area contributed by atoms with Gasteiger partial charge in [-0.25, -0.2) is 0 Å². The van der Waals surface area contributed by atoms with E-state index >= 15 is 0 Å². The average Bonchev–Trinajstić information content (AvgIpc) is 2.67. The Labute approximate surface area is 151 Å². The summed E-state index contributed by atoms with van der Waals surface area (Å²) >= 11 is 0. The van der Waals surface area contributed by atoms with Crippen LogP contribution in [0.4, 0.5) is 0 Å². The third kappa shape index (κ3) is 3.20. The number of hydrogen-bond acceptors (Lipinski definition) is 0. The van der Waals surface area contributed by atoms with Crippen molar-refractivity contribution >= 4 is 30.1 Å². The van der Waals surface area contributed by atoms with Crippen molar-refractivity contribution < 1.29 is 0 Å². The van der Waals surface area contributed by atoms with Crippen molar-refractivity contribution in [3.8, 4) is 0 Å². The third-order valence-corrected chi connectivity index (χ3v) is 6.70. The van der Waals surface area contributed by atoms with Gasteiger partial charge in [-0.15, -0.1) is 8.58 Å². The van der Waals surface area contributed by atoms with Crippen molar-refractivity contribution in [3.63, 3.8) is 0 Å². The van der Waals surface area contributed by atoms with E-state index < -0.39 is 0 Å². The molecule has 0 N–H and O–H groups in total. The van der Waals surface area contributed by atoms with Gasteiger partial charge in [0.15, 0.2) is 0 Å². The molecule has 2 unspecified atom stereocenters. The Morgan fingerprint density at radius 3 is 1.40 bits per heavy atom. The molecule has 4 aromatic carbocycles. The van der Waals surface area contributed by atoms with Gasteiger partial charge in [0.1, 0.15) is 0 Å². The zero-order valence-electron chi connectivity index (χ0n) is 14.7. The first-order valence-corrected chi connectivity index (χ1v) is 10.1. The molecule has 0 heterocycles. The Bertz CT molecular complexity index is 925. The molecule has 0 bridgehead atoms. The summed E-state index contributed by atoms with van der Waals surface area (Å²) in [6, 6.07) is 30.9. The Balaban J connectivity index is 1.66. The molecule has 0 amide bonds. The topological polar surface area (TPSA) is 0 Å². The van der Waals surface area contributed by atoms with Gasteiger partial charge in [0.25, 0.3) is 0 Å². The van der Waals surface area contributed by atoms with E-state index in [2.05, 4.69) is 98.8 Å². The predicted octanol–water partition coefficient (Wildman–Crippen LogP) is 7.49. The van der Waals surface area contributed by atoms with E-state index in [1.54, 1.807) is 0 Å². The van der Waals surface area contributed by atoms with Gasteiger partial charge in [-0.2, -0.15) is 0 Å². The van der Waals surface area contributed by atoms with Crippen LogP contribution in [0.2, 0.25) is 0 Å². The van der Waals surface area contributed by atoms with Gasteiger partial charge in [0.05, 0.1) is 0 Å². The largest absolute Gasteiger partial charge is 0.107 e. The fourth-order valence-electron chi connectivity index (χ4n) is 3.81. The van der Waals surface area contributed by atoms with Crippen LogP contribution in [0, 0.1) is 0 Å². The van der Waals surface area contributed by atoms with Crippen molar-refractivity contribution in [2.45, 2.75) is 25.2 Å². The van der Waals surface area contributed by atoms with Crippen LogP contribution >= 0.6 is 8.58 Å². The summed E-state index contributed by atoms with van der Waals surface area (Å²) < 4.78 is 0. The molecule has 4 aromatic rings. The summed E-state index contributed by atoms with van der Waals surface area (Å²) in [6.07, 6.45) is 0. The van der Waals surface area contributed by atoms with Crippen LogP contribution in [0.1, 0.15) is 36.3 Å². The molecular weight excluding hydrogens is 319 g/mol. The Hall–Kier alpha value is -2.17. The quantitative estimate of drug-likeness (QED) is 0.337. The first-order chi connectivity index (χ1) is 12.2. The lowest BCUT2D eigenvalue weighted by atomic mass is 10.0. The summed E-state index contributed by atoms with van der Waals surface area (Å²) in [5.74, 6) is 0. The normalized spacial score (nSPS) is 14.3. The second-order valence-electron chi connectivity index (χ2n) is 6.75. The average molecular weight is 342 g/mol. The van der Waals surface area contributed by atoms with Gasteiger partial charge in [0.2, 0.25) is 0 Å². The van der Waals surface area contributed by atoms with Crippen LogP contribution in [0.3, 0.4) is 0 Å². The number of rotatable bonds is 4. The minimum atomic E-state index is 0.556. The van der Waals surface area contributed by atoms with Crippen molar-refractivity contribution in [1.82, 2.24) is 0 Å². The Morgan fingerprint density at radius 2 is 0.920 bits per heavy atom. The summed E-state index contributed by atoms with van der Waals surface area (Å²) in [5, 5.41) is 5.48. The van der Waals surface area contributed by atoms with Crippen LogP contribution in [-0.4, -0.2) is 0 Å². The Morgan fingerprint density at radius 1 is 0.520 bits per heavy atom. The lowest BCUT2D eigenvalue weighted by Gasteiger charge is -2.21. The number of hydrogen-bond donors (Lipinski definition) is 0. The van der Waals surface area contributed by atoms with E-state index in [4.69, 9.17) is 0 Å². The van der Waals surface area contributed by atoms with E-state index in [-0.39, 0.29) is 0 Å². The highest BCUT2D eigenvalue weighted by Gasteiger charge is 2.16. The smallest absolute Gasteiger partial charge is 0.000262 e. The van der Waals surface area contributed by atoms with Crippen LogP contribution in [0.25, 0.3) is 21.5 Å². The molecule has 0 saturated carbocycles. The molecule has 0 aliphatic carbocycles. The number of fused-ring (bicyclic) bond motifs is 2. The van der Waals surface area contributed by atoms with Crippen molar-refractivity contribution in [3.05, 3.63) is 96.1 Å². The van der Waals surface area contributed by atoms with Crippen molar-refractivity contribution in [2.75, 3.05) is 0 Å². The van der Waals surface area contributed by atoms with Gasteiger partial charge in [-0.1, -0.05) is 98.8 Å². The predicted molar refractivity (Wildman–Crippen MR) is 113 cm³/mol. The molecule has 0 aliphatic rings. The fraction of sp³-hybridized carbons (Fsp3) is 0.167.